The van der Waals surface area contributed by atoms with Crippen molar-refractivity contribution in [2.45, 2.75) is 13.0 Å². The van der Waals surface area contributed by atoms with Crippen molar-refractivity contribution >= 4 is 0 Å². The molecule has 0 radical (unpaired) electrons. The molecule has 0 fully saturated rings. The summed E-state index contributed by atoms with van der Waals surface area (Å²) in [4.78, 5) is 0. The van der Waals surface area contributed by atoms with Crippen LogP contribution >= 0.6 is 0 Å². The Labute approximate surface area is 57.1 Å². The van der Waals surface area contributed by atoms with Crippen LogP contribution in [0.1, 0.15) is 6.42 Å². The largest absolute Gasteiger partial charge is 0.539 e. The van der Waals surface area contributed by atoms with Gasteiger partial charge in [0, 0.05) is 0 Å². The number of aryl methyl sites for hydroxylation is 1. The van der Waals surface area contributed by atoms with Crippen LogP contribution < -0.4 is 9.79 Å². The van der Waals surface area contributed by atoms with E-state index in [1.165, 1.54) is 10.9 Å². The SMILES string of the molecule is N#CCC[n+]1cc([O-])on1. The van der Waals surface area contributed by atoms with E-state index in [1.54, 1.807) is 0 Å². The van der Waals surface area contributed by atoms with Gasteiger partial charge in [-0.3, -0.25) is 0 Å². The maximum absolute atomic E-state index is 10.3. The molecule has 1 heterocycles. The van der Waals surface area contributed by atoms with Gasteiger partial charge in [-0.05, 0) is 0 Å². The Morgan fingerprint density at radius 1 is 1.90 bits per heavy atom. The van der Waals surface area contributed by atoms with Crippen molar-refractivity contribution in [1.82, 2.24) is 5.27 Å². The van der Waals surface area contributed by atoms with Crippen LogP contribution in [0, 0.1) is 11.3 Å². The molecule has 5 nitrogen and oxygen atoms in total. The molecule has 0 saturated carbocycles. The summed E-state index contributed by atoms with van der Waals surface area (Å²) < 4.78 is 5.51. The molecule has 0 saturated heterocycles. The average Bonchev–Trinajstić information content (AvgIpc) is 2.31. The van der Waals surface area contributed by atoms with Gasteiger partial charge in [-0.2, -0.15) is 5.26 Å². The van der Waals surface area contributed by atoms with Gasteiger partial charge in [-0.1, -0.05) is 4.68 Å². The fourth-order valence-electron chi connectivity index (χ4n) is 0.531. The van der Waals surface area contributed by atoms with E-state index in [0.29, 0.717) is 13.0 Å². The van der Waals surface area contributed by atoms with Crippen molar-refractivity contribution in [1.29, 1.82) is 5.26 Å². The van der Waals surface area contributed by atoms with Crippen LogP contribution in [-0.4, -0.2) is 5.27 Å². The zero-order chi connectivity index (χ0) is 7.40. The van der Waals surface area contributed by atoms with E-state index in [-0.39, 0.29) is 0 Å². The molecule has 0 amide bonds. The standard InChI is InChI=1S/C5H5N3O2/c6-2-1-3-8-4-5(9)10-7-8/h4H,1,3H2. The van der Waals surface area contributed by atoms with Crippen LogP contribution in [0.2, 0.25) is 0 Å². The summed E-state index contributed by atoms with van der Waals surface area (Å²) >= 11 is 0. The van der Waals surface area contributed by atoms with Crippen molar-refractivity contribution in [3.63, 3.8) is 0 Å². The minimum atomic E-state index is -0.488. The summed E-state index contributed by atoms with van der Waals surface area (Å²) in [7, 11) is 0. The number of hydrogen-bond donors (Lipinski definition) is 0. The second-order valence-electron chi connectivity index (χ2n) is 1.69. The summed E-state index contributed by atoms with van der Waals surface area (Å²) in [6.07, 6.45) is 1.54. The number of rotatable bonds is 2. The second-order valence-corrected chi connectivity index (χ2v) is 1.69. The Morgan fingerprint density at radius 2 is 2.70 bits per heavy atom. The first-order valence-corrected chi connectivity index (χ1v) is 2.73. The summed E-state index contributed by atoms with van der Waals surface area (Å²) in [6.45, 7) is 0.405. The average molecular weight is 139 g/mol. The Kier molecular flexibility index (Phi) is 1.85. The third-order valence-electron chi connectivity index (χ3n) is 0.943. The van der Waals surface area contributed by atoms with Crippen LogP contribution in [-0.2, 0) is 6.54 Å². The molecule has 1 aromatic rings. The lowest BCUT2D eigenvalue weighted by Crippen LogP contribution is -2.34. The molecule has 0 unspecified atom stereocenters. The van der Waals surface area contributed by atoms with E-state index in [0.717, 1.165) is 0 Å². The third-order valence-corrected chi connectivity index (χ3v) is 0.943. The predicted molar refractivity (Wildman–Crippen MR) is 26.4 cm³/mol. The minimum absolute atomic E-state index is 0.330. The van der Waals surface area contributed by atoms with Crippen LogP contribution in [0.25, 0.3) is 0 Å². The Morgan fingerprint density at radius 3 is 3.20 bits per heavy atom. The minimum Gasteiger partial charge on any atom is -0.539 e. The lowest BCUT2D eigenvalue weighted by Gasteiger charge is -1.77. The molecule has 0 N–H and O–H groups in total. The molecule has 0 atom stereocenters. The highest BCUT2D eigenvalue weighted by atomic mass is 16.6. The highest BCUT2D eigenvalue weighted by Gasteiger charge is 2.00. The summed E-state index contributed by atoms with van der Waals surface area (Å²) in [5.74, 6) is -0.488. The van der Waals surface area contributed by atoms with Gasteiger partial charge >= 0.3 is 0 Å². The van der Waals surface area contributed by atoms with Crippen LogP contribution in [0.5, 0.6) is 5.95 Å². The Balaban J connectivity index is 2.52. The molecule has 5 heteroatoms. The summed E-state index contributed by atoms with van der Waals surface area (Å²) in [6, 6.07) is 1.92. The number of nitriles is 1. The van der Waals surface area contributed by atoms with Crippen molar-refractivity contribution in [3.05, 3.63) is 6.20 Å². The molecule has 0 aliphatic rings. The maximum atomic E-state index is 10.3. The van der Waals surface area contributed by atoms with E-state index >= 15 is 0 Å². The van der Waals surface area contributed by atoms with Crippen LogP contribution in [0.4, 0.5) is 0 Å². The lowest BCUT2D eigenvalue weighted by molar-refractivity contribution is -0.761. The Hall–Kier alpha value is -1.57. The first-order valence-electron chi connectivity index (χ1n) is 2.73. The number of aromatic nitrogens is 2. The smallest absolute Gasteiger partial charge is 0.221 e. The van der Waals surface area contributed by atoms with E-state index in [4.69, 9.17) is 5.26 Å². The third kappa shape index (κ3) is 1.45. The lowest BCUT2D eigenvalue weighted by atomic mass is 10.5. The second kappa shape index (κ2) is 2.82. The van der Waals surface area contributed by atoms with Crippen molar-refractivity contribution in [2.24, 2.45) is 0 Å². The predicted octanol–water partition coefficient (Wildman–Crippen LogP) is -1.05. The molecule has 0 aromatic carbocycles. The van der Waals surface area contributed by atoms with Gasteiger partial charge in [0.1, 0.15) is 5.95 Å². The fraction of sp³-hybridized carbons (Fsp3) is 0.400. The first-order chi connectivity index (χ1) is 4.83. The summed E-state index contributed by atoms with van der Waals surface area (Å²) in [5.41, 5.74) is 0. The highest BCUT2D eigenvalue weighted by molar-refractivity contribution is 4.80. The first kappa shape index (κ1) is 6.55. The quantitative estimate of drug-likeness (QED) is 0.490. The van der Waals surface area contributed by atoms with Crippen LogP contribution in [0.15, 0.2) is 10.7 Å². The molecule has 0 aliphatic heterocycles. The molecule has 0 aliphatic carbocycles. The zero-order valence-electron chi connectivity index (χ0n) is 5.15. The number of hydrogen-bond acceptors (Lipinski definition) is 4. The van der Waals surface area contributed by atoms with Crippen molar-refractivity contribution < 1.29 is 14.3 Å². The van der Waals surface area contributed by atoms with Gasteiger partial charge < -0.3 is 9.63 Å². The maximum Gasteiger partial charge on any atom is 0.221 e. The van der Waals surface area contributed by atoms with E-state index in [2.05, 4.69) is 9.79 Å². The van der Waals surface area contributed by atoms with Gasteiger partial charge in [-0.25, -0.2) is 0 Å². The van der Waals surface area contributed by atoms with Gasteiger partial charge in [0.15, 0.2) is 6.54 Å². The van der Waals surface area contributed by atoms with Crippen molar-refractivity contribution in [3.8, 4) is 12.0 Å². The van der Waals surface area contributed by atoms with E-state index in [9.17, 15) is 5.11 Å². The molecular weight excluding hydrogens is 134 g/mol. The van der Waals surface area contributed by atoms with Gasteiger partial charge in [0.2, 0.25) is 6.20 Å². The zero-order valence-corrected chi connectivity index (χ0v) is 5.15. The van der Waals surface area contributed by atoms with E-state index in [1.807, 2.05) is 6.07 Å². The monoisotopic (exact) mass is 139 g/mol. The van der Waals surface area contributed by atoms with Crippen LogP contribution in [0.3, 0.4) is 0 Å². The molecule has 1 rings (SSSR count). The van der Waals surface area contributed by atoms with Gasteiger partial charge in [-0.15, -0.1) is 0 Å². The normalized spacial score (nSPS) is 9.10. The molecule has 0 bridgehead atoms. The molecule has 0 spiro atoms. The van der Waals surface area contributed by atoms with Gasteiger partial charge in [0.25, 0.3) is 0 Å². The fourth-order valence-corrected chi connectivity index (χ4v) is 0.531. The number of nitrogens with zero attached hydrogens (tertiary/aromatic N) is 3. The highest BCUT2D eigenvalue weighted by Crippen LogP contribution is 1.92. The Bertz CT molecular complexity index is 250. The molecule has 1 aromatic heterocycles. The van der Waals surface area contributed by atoms with E-state index < -0.39 is 5.95 Å². The summed E-state index contributed by atoms with van der Waals surface area (Å²) in [5, 5.41) is 21.8. The van der Waals surface area contributed by atoms with Crippen molar-refractivity contribution in [2.75, 3.05) is 0 Å². The topological polar surface area (TPSA) is 76.8 Å². The van der Waals surface area contributed by atoms with Gasteiger partial charge in [0.05, 0.1) is 17.8 Å². The molecule has 10 heavy (non-hydrogen) atoms. The molecule has 52 valence electrons. The molecular formula is C5H5N3O2.